The molecule has 0 radical (unpaired) electrons. The Balaban J connectivity index is 2.04. The van der Waals surface area contributed by atoms with Crippen LogP contribution in [0.25, 0.3) is 0 Å². The number of carbonyl (C=O) groups excluding carboxylic acids is 1. The molecule has 0 aromatic carbocycles. The second-order valence-corrected chi connectivity index (χ2v) is 6.28. The van der Waals surface area contributed by atoms with Crippen LogP contribution in [0, 0.1) is 25.2 Å². The third kappa shape index (κ3) is 3.28. The number of amides is 1. The summed E-state index contributed by atoms with van der Waals surface area (Å²) < 4.78 is 5.34. The van der Waals surface area contributed by atoms with Crippen LogP contribution in [-0.4, -0.2) is 23.5 Å². The molecule has 0 unspecified atom stereocenters. The SMILES string of the molecule is Cc1cc(C(=O)NCC2(C(=O)O)CCC(C)CC2)c(C)o1. The molecule has 1 aliphatic carbocycles. The Hall–Kier alpha value is -1.78. The average molecular weight is 293 g/mol. The van der Waals surface area contributed by atoms with E-state index < -0.39 is 11.4 Å². The first-order valence-corrected chi connectivity index (χ1v) is 7.43. The van der Waals surface area contributed by atoms with Crippen molar-refractivity contribution in [3.63, 3.8) is 0 Å². The van der Waals surface area contributed by atoms with Crippen LogP contribution >= 0.6 is 0 Å². The summed E-state index contributed by atoms with van der Waals surface area (Å²) in [7, 11) is 0. The number of aliphatic carboxylic acids is 1. The molecule has 0 bridgehead atoms. The van der Waals surface area contributed by atoms with E-state index in [0.717, 1.165) is 12.8 Å². The summed E-state index contributed by atoms with van der Waals surface area (Å²) in [6, 6.07) is 1.68. The topological polar surface area (TPSA) is 79.5 Å². The zero-order chi connectivity index (χ0) is 15.6. The lowest BCUT2D eigenvalue weighted by atomic mass is 9.71. The summed E-state index contributed by atoms with van der Waals surface area (Å²) in [5, 5.41) is 12.3. The maximum Gasteiger partial charge on any atom is 0.311 e. The van der Waals surface area contributed by atoms with Crippen LogP contribution in [0.4, 0.5) is 0 Å². The minimum atomic E-state index is -0.825. The van der Waals surface area contributed by atoms with Crippen LogP contribution in [-0.2, 0) is 4.79 Å². The highest BCUT2D eigenvalue weighted by molar-refractivity contribution is 5.95. The van der Waals surface area contributed by atoms with Gasteiger partial charge in [0, 0.05) is 6.54 Å². The molecule has 116 valence electrons. The van der Waals surface area contributed by atoms with Gasteiger partial charge < -0.3 is 14.8 Å². The van der Waals surface area contributed by atoms with Crippen LogP contribution in [0.5, 0.6) is 0 Å². The molecule has 1 saturated carbocycles. The Bertz CT molecular complexity index is 538. The predicted octanol–water partition coefficient (Wildman–Crippen LogP) is 2.91. The van der Waals surface area contributed by atoms with Gasteiger partial charge in [0.05, 0.1) is 11.0 Å². The van der Waals surface area contributed by atoms with Gasteiger partial charge >= 0.3 is 5.97 Å². The van der Waals surface area contributed by atoms with Crippen LogP contribution < -0.4 is 5.32 Å². The highest BCUT2D eigenvalue weighted by Gasteiger charge is 2.41. The minimum Gasteiger partial charge on any atom is -0.481 e. The lowest BCUT2D eigenvalue weighted by molar-refractivity contribution is -0.151. The average Bonchev–Trinajstić information content (AvgIpc) is 2.77. The van der Waals surface area contributed by atoms with Gasteiger partial charge in [0.1, 0.15) is 11.5 Å². The van der Waals surface area contributed by atoms with Gasteiger partial charge in [0.2, 0.25) is 0 Å². The molecule has 2 N–H and O–H groups in total. The molecule has 0 spiro atoms. The third-order valence-electron chi connectivity index (χ3n) is 4.56. The van der Waals surface area contributed by atoms with E-state index >= 15 is 0 Å². The summed E-state index contributed by atoms with van der Waals surface area (Å²) in [4.78, 5) is 23.8. The van der Waals surface area contributed by atoms with E-state index in [1.807, 2.05) is 0 Å². The molecule has 1 fully saturated rings. The molecule has 1 heterocycles. The third-order valence-corrected chi connectivity index (χ3v) is 4.56. The minimum absolute atomic E-state index is 0.178. The number of rotatable bonds is 4. The molecule has 1 aromatic rings. The highest BCUT2D eigenvalue weighted by atomic mass is 16.4. The molecule has 0 atom stereocenters. The van der Waals surface area contributed by atoms with E-state index in [1.54, 1.807) is 19.9 Å². The van der Waals surface area contributed by atoms with Gasteiger partial charge in [0.15, 0.2) is 0 Å². The van der Waals surface area contributed by atoms with Crippen LogP contribution in [0.1, 0.15) is 54.5 Å². The number of hydrogen-bond acceptors (Lipinski definition) is 3. The maximum atomic E-state index is 12.2. The molecule has 1 aliphatic rings. The fraction of sp³-hybridized carbons (Fsp3) is 0.625. The molecular weight excluding hydrogens is 270 g/mol. The molecule has 2 rings (SSSR count). The monoisotopic (exact) mass is 293 g/mol. The van der Waals surface area contributed by atoms with Crippen LogP contribution in [0.2, 0.25) is 0 Å². The first-order chi connectivity index (χ1) is 9.84. The zero-order valence-electron chi connectivity index (χ0n) is 12.9. The number of carboxylic acid groups (broad SMARTS) is 1. The standard InChI is InChI=1S/C16H23NO4/c1-10-4-6-16(7-5-10,15(19)20)9-17-14(18)13-8-11(2)21-12(13)3/h8,10H,4-7,9H2,1-3H3,(H,17,18)(H,19,20). The van der Waals surface area contributed by atoms with Crippen molar-refractivity contribution < 1.29 is 19.1 Å². The van der Waals surface area contributed by atoms with Gasteiger partial charge in [-0.2, -0.15) is 0 Å². The van der Waals surface area contributed by atoms with Crippen LogP contribution in [0.15, 0.2) is 10.5 Å². The molecule has 0 saturated heterocycles. The van der Waals surface area contributed by atoms with E-state index in [-0.39, 0.29) is 12.5 Å². The Kier molecular flexibility index (Phi) is 4.40. The van der Waals surface area contributed by atoms with Crippen molar-refractivity contribution in [1.82, 2.24) is 5.32 Å². The number of carbonyl (C=O) groups is 2. The maximum absolute atomic E-state index is 12.2. The molecule has 5 heteroatoms. The van der Waals surface area contributed by atoms with Gasteiger partial charge in [-0.1, -0.05) is 6.92 Å². The van der Waals surface area contributed by atoms with Gasteiger partial charge in [-0.05, 0) is 51.5 Å². The fourth-order valence-electron chi connectivity index (χ4n) is 2.98. The van der Waals surface area contributed by atoms with Gasteiger partial charge in [-0.25, -0.2) is 0 Å². The first-order valence-electron chi connectivity index (χ1n) is 7.43. The van der Waals surface area contributed by atoms with E-state index in [1.165, 1.54) is 0 Å². The van der Waals surface area contributed by atoms with E-state index in [4.69, 9.17) is 4.42 Å². The fourth-order valence-corrected chi connectivity index (χ4v) is 2.98. The summed E-state index contributed by atoms with van der Waals surface area (Å²) in [5.41, 5.74) is -0.341. The Morgan fingerprint density at radius 2 is 2.00 bits per heavy atom. The normalized spacial score (nSPS) is 25.6. The number of furan rings is 1. The molecule has 1 aromatic heterocycles. The van der Waals surface area contributed by atoms with Crippen molar-refractivity contribution in [1.29, 1.82) is 0 Å². The quantitative estimate of drug-likeness (QED) is 0.894. The second-order valence-electron chi connectivity index (χ2n) is 6.28. The van der Waals surface area contributed by atoms with E-state index in [9.17, 15) is 14.7 Å². The van der Waals surface area contributed by atoms with Gasteiger partial charge in [-0.15, -0.1) is 0 Å². The number of nitrogens with one attached hydrogen (secondary N) is 1. The molecule has 0 aliphatic heterocycles. The Morgan fingerprint density at radius 3 is 2.48 bits per heavy atom. The van der Waals surface area contributed by atoms with Crippen LogP contribution in [0.3, 0.4) is 0 Å². The number of aryl methyl sites for hydroxylation is 2. The van der Waals surface area contributed by atoms with Crippen molar-refractivity contribution in [2.45, 2.75) is 46.5 Å². The van der Waals surface area contributed by atoms with Crippen molar-refractivity contribution in [2.75, 3.05) is 6.54 Å². The van der Waals surface area contributed by atoms with Crippen molar-refractivity contribution in [2.24, 2.45) is 11.3 Å². The molecular formula is C16H23NO4. The summed E-state index contributed by atoms with van der Waals surface area (Å²) in [6.45, 7) is 5.84. The zero-order valence-corrected chi connectivity index (χ0v) is 12.9. The summed E-state index contributed by atoms with van der Waals surface area (Å²) >= 11 is 0. The summed E-state index contributed by atoms with van der Waals surface area (Å²) in [6.07, 6.45) is 3.03. The molecule has 1 amide bonds. The number of carboxylic acids is 1. The second kappa shape index (κ2) is 5.92. The van der Waals surface area contributed by atoms with Gasteiger partial charge in [0.25, 0.3) is 5.91 Å². The molecule has 5 nitrogen and oxygen atoms in total. The summed E-state index contributed by atoms with van der Waals surface area (Å²) in [5.74, 6) is 0.731. The van der Waals surface area contributed by atoms with Crippen molar-refractivity contribution in [3.8, 4) is 0 Å². The predicted molar refractivity (Wildman–Crippen MR) is 78.2 cm³/mol. The Morgan fingerprint density at radius 1 is 1.38 bits per heavy atom. The van der Waals surface area contributed by atoms with E-state index in [0.29, 0.717) is 35.8 Å². The smallest absolute Gasteiger partial charge is 0.311 e. The van der Waals surface area contributed by atoms with Crippen molar-refractivity contribution >= 4 is 11.9 Å². The lowest BCUT2D eigenvalue weighted by Gasteiger charge is -2.35. The molecule has 21 heavy (non-hydrogen) atoms. The largest absolute Gasteiger partial charge is 0.481 e. The van der Waals surface area contributed by atoms with Crippen molar-refractivity contribution in [3.05, 3.63) is 23.2 Å². The number of hydrogen-bond donors (Lipinski definition) is 2. The lowest BCUT2D eigenvalue weighted by Crippen LogP contribution is -2.45. The Labute approximate surface area is 124 Å². The van der Waals surface area contributed by atoms with E-state index in [2.05, 4.69) is 12.2 Å². The van der Waals surface area contributed by atoms with Gasteiger partial charge in [-0.3, -0.25) is 9.59 Å². The first kappa shape index (κ1) is 15.6. The highest BCUT2D eigenvalue weighted by Crippen LogP contribution is 2.38.